The average Bonchev–Trinajstić information content (AvgIpc) is 2.59. The number of likely N-dealkylation sites (N-methyl/N-ethyl adjacent to an activating group) is 1. The molecule has 2 rings (SSSR count). The minimum absolute atomic E-state index is 0.148. The number of amides is 1. The smallest absolute Gasteiger partial charge is 0.410 e. The van der Waals surface area contributed by atoms with Gasteiger partial charge in [-0.2, -0.15) is 0 Å². The fraction of sp³-hybridized carbons (Fsp3) is 0.381. The SMILES string of the molecule is CN(C(=O)OC(C)(C)C)[C@H](CO)C(c1ccccc1)c1ccccc1. The zero-order valence-electron chi connectivity index (χ0n) is 15.3. The summed E-state index contributed by atoms with van der Waals surface area (Å²) in [5.41, 5.74) is 1.51. The zero-order valence-corrected chi connectivity index (χ0v) is 15.3. The Hall–Kier alpha value is -2.33. The van der Waals surface area contributed by atoms with Crippen molar-refractivity contribution in [2.75, 3.05) is 13.7 Å². The van der Waals surface area contributed by atoms with Gasteiger partial charge in [0.25, 0.3) is 0 Å². The van der Waals surface area contributed by atoms with Crippen LogP contribution >= 0.6 is 0 Å². The fourth-order valence-corrected chi connectivity index (χ4v) is 2.88. The number of benzene rings is 2. The summed E-state index contributed by atoms with van der Waals surface area (Å²) in [5.74, 6) is -0.148. The Balaban J connectivity index is 2.39. The molecule has 0 spiro atoms. The predicted molar refractivity (Wildman–Crippen MR) is 99.6 cm³/mol. The molecule has 1 amide bonds. The minimum Gasteiger partial charge on any atom is -0.444 e. The highest BCUT2D eigenvalue weighted by Crippen LogP contribution is 2.31. The van der Waals surface area contributed by atoms with E-state index >= 15 is 0 Å². The lowest BCUT2D eigenvalue weighted by molar-refractivity contribution is 0.0143. The van der Waals surface area contributed by atoms with Crippen LogP contribution in [0.5, 0.6) is 0 Å². The number of nitrogens with zero attached hydrogens (tertiary/aromatic N) is 1. The molecule has 0 aliphatic carbocycles. The van der Waals surface area contributed by atoms with E-state index < -0.39 is 17.7 Å². The highest BCUT2D eigenvalue weighted by Gasteiger charge is 2.32. The molecular formula is C21H27NO3. The molecule has 134 valence electrons. The Morgan fingerprint density at radius 2 is 1.44 bits per heavy atom. The predicted octanol–water partition coefficient (Wildman–Crippen LogP) is 4.05. The molecule has 2 aromatic carbocycles. The second kappa shape index (κ2) is 8.17. The molecule has 0 aliphatic heterocycles. The summed E-state index contributed by atoms with van der Waals surface area (Å²) >= 11 is 0. The number of hydrogen-bond donors (Lipinski definition) is 1. The maximum atomic E-state index is 12.5. The molecule has 0 aromatic heterocycles. The molecule has 0 unspecified atom stereocenters. The van der Waals surface area contributed by atoms with Gasteiger partial charge in [0.15, 0.2) is 0 Å². The molecule has 4 nitrogen and oxygen atoms in total. The average molecular weight is 341 g/mol. The summed E-state index contributed by atoms with van der Waals surface area (Å²) in [6.07, 6.45) is -0.441. The van der Waals surface area contributed by atoms with Crippen LogP contribution < -0.4 is 0 Å². The van der Waals surface area contributed by atoms with Gasteiger partial charge in [-0.1, -0.05) is 60.7 Å². The standard InChI is InChI=1S/C21H27NO3/c1-21(2,3)25-20(24)22(4)18(15-23)19(16-11-7-5-8-12-16)17-13-9-6-10-14-17/h5-14,18-19,23H,15H2,1-4H3/t18-/m1/s1. The number of aliphatic hydroxyl groups is 1. The summed E-state index contributed by atoms with van der Waals surface area (Å²) in [4.78, 5) is 14.0. The Kier molecular flexibility index (Phi) is 6.21. The molecule has 0 radical (unpaired) electrons. The zero-order chi connectivity index (χ0) is 18.4. The molecule has 0 bridgehead atoms. The first-order valence-corrected chi connectivity index (χ1v) is 8.50. The lowest BCUT2D eigenvalue weighted by Gasteiger charge is -2.35. The monoisotopic (exact) mass is 341 g/mol. The van der Waals surface area contributed by atoms with Gasteiger partial charge in [0.1, 0.15) is 5.60 Å². The molecule has 4 heteroatoms. The number of hydrogen-bond acceptors (Lipinski definition) is 3. The first-order chi connectivity index (χ1) is 11.8. The van der Waals surface area contributed by atoms with Crippen LogP contribution in [0.4, 0.5) is 4.79 Å². The number of aliphatic hydroxyl groups excluding tert-OH is 1. The normalized spacial score (nSPS) is 12.7. The molecule has 2 aromatic rings. The van der Waals surface area contributed by atoms with Crippen molar-refractivity contribution < 1.29 is 14.6 Å². The van der Waals surface area contributed by atoms with Crippen molar-refractivity contribution in [3.8, 4) is 0 Å². The summed E-state index contributed by atoms with van der Waals surface area (Å²) in [5, 5.41) is 10.1. The topological polar surface area (TPSA) is 49.8 Å². The van der Waals surface area contributed by atoms with Gasteiger partial charge in [-0.15, -0.1) is 0 Å². The van der Waals surface area contributed by atoms with Crippen LogP contribution in [-0.4, -0.2) is 41.4 Å². The van der Waals surface area contributed by atoms with Crippen LogP contribution in [-0.2, 0) is 4.74 Å². The van der Waals surface area contributed by atoms with E-state index in [0.29, 0.717) is 0 Å². The van der Waals surface area contributed by atoms with Gasteiger partial charge < -0.3 is 14.7 Å². The summed E-state index contributed by atoms with van der Waals surface area (Å²) in [6.45, 7) is 5.33. The van der Waals surface area contributed by atoms with E-state index in [2.05, 4.69) is 0 Å². The number of ether oxygens (including phenoxy) is 1. The van der Waals surface area contributed by atoms with Crippen LogP contribution in [0, 0.1) is 0 Å². The van der Waals surface area contributed by atoms with E-state index in [1.165, 1.54) is 4.90 Å². The van der Waals surface area contributed by atoms with Crippen molar-refractivity contribution in [1.29, 1.82) is 0 Å². The highest BCUT2D eigenvalue weighted by atomic mass is 16.6. The molecule has 0 heterocycles. The minimum atomic E-state index is -0.583. The summed E-state index contributed by atoms with van der Waals surface area (Å²) in [7, 11) is 1.67. The maximum absolute atomic E-state index is 12.5. The molecule has 0 aliphatic rings. The van der Waals surface area contributed by atoms with Gasteiger partial charge in [-0.3, -0.25) is 0 Å². The van der Waals surface area contributed by atoms with Crippen LogP contribution in [0.2, 0.25) is 0 Å². The van der Waals surface area contributed by atoms with Crippen molar-refractivity contribution in [1.82, 2.24) is 4.90 Å². The van der Waals surface area contributed by atoms with Crippen LogP contribution in [0.15, 0.2) is 60.7 Å². The fourth-order valence-electron chi connectivity index (χ4n) is 2.88. The van der Waals surface area contributed by atoms with E-state index in [9.17, 15) is 9.90 Å². The Bertz CT molecular complexity index is 625. The Morgan fingerprint density at radius 3 is 1.80 bits per heavy atom. The molecular weight excluding hydrogens is 314 g/mol. The van der Waals surface area contributed by atoms with Crippen molar-refractivity contribution >= 4 is 6.09 Å². The second-order valence-corrected chi connectivity index (χ2v) is 7.14. The molecule has 0 saturated heterocycles. The lowest BCUT2D eigenvalue weighted by atomic mass is 9.84. The van der Waals surface area contributed by atoms with E-state index in [0.717, 1.165) is 11.1 Å². The van der Waals surface area contributed by atoms with Gasteiger partial charge in [0.05, 0.1) is 12.6 Å². The third kappa shape index (κ3) is 5.07. The van der Waals surface area contributed by atoms with E-state index in [-0.39, 0.29) is 12.5 Å². The quantitative estimate of drug-likeness (QED) is 0.893. The molecule has 1 atom stereocenters. The van der Waals surface area contributed by atoms with Crippen molar-refractivity contribution in [2.24, 2.45) is 0 Å². The molecule has 25 heavy (non-hydrogen) atoms. The van der Waals surface area contributed by atoms with E-state index in [4.69, 9.17) is 4.74 Å². The lowest BCUT2D eigenvalue weighted by Crippen LogP contribution is -2.46. The van der Waals surface area contributed by atoms with Gasteiger partial charge in [-0.25, -0.2) is 4.79 Å². The summed E-state index contributed by atoms with van der Waals surface area (Å²) < 4.78 is 5.48. The van der Waals surface area contributed by atoms with E-state index in [1.807, 2.05) is 81.4 Å². The van der Waals surface area contributed by atoms with Gasteiger partial charge in [0, 0.05) is 13.0 Å². The Morgan fingerprint density at radius 1 is 1.00 bits per heavy atom. The Labute approximate surface area is 150 Å². The third-order valence-electron chi connectivity index (χ3n) is 4.07. The summed E-state index contributed by atoms with van der Waals surface area (Å²) in [6, 6.07) is 19.4. The van der Waals surface area contributed by atoms with Crippen molar-refractivity contribution in [3.05, 3.63) is 71.8 Å². The number of rotatable bonds is 5. The van der Waals surface area contributed by atoms with Crippen LogP contribution in [0.3, 0.4) is 0 Å². The first-order valence-electron chi connectivity index (χ1n) is 8.50. The van der Waals surface area contributed by atoms with Crippen molar-refractivity contribution in [3.63, 3.8) is 0 Å². The number of carbonyl (C=O) groups excluding carboxylic acids is 1. The molecule has 0 fully saturated rings. The van der Waals surface area contributed by atoms with E-state index in [1.54, 1.807) is 7.05 Å². The van der Waals surface area contributed by atoms with Crippen molar-refractivity contribution in [2.45, 2.75) is 38.3 Å². The molecule has 1 N–H and O–H groups in total. The number of carbonyl (C=O) groups is 1. The second-order valence-electron chi connectivity index (χ2n) is 7.14. The highest BCUT2D eigenvalue weighted by molar-refractivity contribution is 5.68. The van der Waals surface area contributed by atoms with Gasteiger partial charge in [-0.05, 0) is 31.9 Å². The molecule has 0 saturated carbocycles. The first kappa shape index (κ1) is 19.0. The maximum Gasteiger partial charge on any atom is 0.410 e. The van der Waals surface area contributed by atoms with Crippen LogP contribution in [0.1, 0.15) is 37.8 Å². The third-order valence-corrected chi connectivity index (χ3v) is 4.07. The van der Waals surface area contributed by atoms with Crippen LogP contribution in [0.25, 0.3) is 0 Å². The van der Waals surface area contributed by atoms with Gasteiger partial charge >= 0.3 is 6.09 Å². The largest absolute Gasteiger partial charge is 0.444 e. The van der Waals surface area contributed by atoms with Gasteiger partial charge in [0.2, 0.25) is 0 Å².